The summed E-state index contributed by atoms with van der Waals surface area (Å²) in [6.45, 7) is 7.14. The molecule has 0 amide bonds. The van der Waals surface area contributed by atoms with Gasteiger partial charge in [-0.15, -0.1) is 0 Å². The summed E-state index contributed by atoms with van der Waals surface area (Å²) in [7, 11) is 0. The average molecular weight is 434 g/mol. The molecular weight excluding hydrogens is 406 g/mol. The van der Waals surface area contributed by atoms with Gasteiger partial charge < -0.3 is 19.5 Å². The summed E-state index contributed by atoms with van der Waals surface area (Å²) in [5, 5.41) is 3.72. The first kappa shape index (κ1) is 22.4. The van der Waals surface area contributed by atoms with Crippen molar-refractivity contribution in [3.05, 3.63) is 51.3 Å². The molecule has 1 aromatic rings. The van der Waals surface area contributed by atoms with Crippen LogP contribution < -0.4 is 10.1 Å². The van der Waals surface area contributed by atoms with Gasteiger partial charge in [0.15, 0.2) is 5.78 Å². The minimum atomic E-state index is -0.526. The van der Waals surface area contributed by atoms with Crippen LogP contribution in [0.25, 0.3) is 0 Å². The molecule has 7 heteroatoms. The Morgan fingerprint density at radius 1 is 1.20 bits per heavy atom. The van der Waals surface area contributed by atoms with E-state index >= 15 is 0 Å². The largest absolute Gasteiger partial charge is 0.492 e. The third-order valence-corrected chi connectivity index (χ3v) is 5.55. The van der Waals surface area contributed by atoms with Crippen LogP contribution in [0.5, 0.6) is 5.75 Å². The van der Waals surface area contributed by atoms with Crippen molar-refractivity contribution in [3.63, 3.8) is 0 Å². The molecule has 0 radical (unpaired) electrons. The predicted molar refractivity (Wildman–Crippen MR) is 115 cm³/mol. The number of allylic oxidation sites excluding steroid dienone is 3. The number of Topliss-reactive ketones (excluding diaryl/α,β-unsaturated/α-hetero) is 1. The molecule has 1 aromatic carbocycles. The van der Waals surface area contributed by atoms with Crippen molar-refractivity contribution in [1.82, 2.24) is 5.32 Å². The number of esters is 1. The van der Waals surface area contributed by atoms with Crippen LogP contribution in [0.1, 0.15) is 51.5 Å². The molecule has 162 valence electrons. The Hall–Kier alpha value is -2.31. The second-order valence-corrected chi connectivity index (χ2v) is 7.63. The van der Waals surface area contributed by atoms with Crippen LogP contribution in [0, 0.1) is 0 Å². The zero-order valence-electron chi connectivity index (χ0n) is 17.7. The van der Waals surface area contributed by atoms with Gasteiger partial charge in [-0.2, -0.15) is 0 Å². The zero-order chi connectivity index (χ0) is 21.7. The summed E-state index contributed by atoms with van der Waals surface area (Å²) in [5.41, 5.74) is 3.40. The first-order chi connectivity index (χ1) is 14.5. The first-order valence-corrected chi connectivity index (χ1v) is 10.8. The molecule has 2 aliphatic rings. The predicted octanol–water partition coefficient (Wildman–Crippen LogP) is 4.29. The van der Waals surface area contributed by atoms with Crippen LogP contribution in [-0.4, -0.2) is 38.2 Å². The number of rotatable bonds is 8. The molecule has 1 aliphatic heterocycles. The Kier molecular flexibility index (Phi) is 7.56. The first-order valence-electron chi connectivity index (χ1n) is 10.4. The SMILES string of the molecule is CCOCCOC(=O)C1=C(C)NC2=C(C(=O)CCC2)C1c1ccc(OCC)c(Cl)c1. The lowest BCUT2D eigenvalue weighted by molar-refractivity contribution is -0.140. The van der Waals surface area contributed by atoms with Gasteiger partial charge in [0, 0.05) is 35.9 Å². The molecule has 1 heterocycles. The topological polar surface area (TPSA) is 73.9 Å². The zero-order valence-corrected chi connectivity index (χ0v) is 18.4. The number of carbonyl (C=O) groups excluding carboxylic acids is 2. The Morgan fingerprint density at radius 2 is 2.00 bits per heavy atom. The molecule has 0 fully saturated rings. The molecule has 6 nitrogen and oxygen atoms in total. The van der Waals surface area contributed by atoms with Crippen molar-refractivity contribution >= 4 is 23.4 Å². The van der Waals surface area contributed by atoms with Gasteiger partial charge in [-0.05, 0) is 51.3 Å². The number of hydrogen-bond donors (Lipinski definition) is 1. The Morgan fingerprint density at radius 3 is 2.70 bits per heavy atom. The molecule has 3 rings (SSSR count). The van der Waals surface area contributed by atoms with Crippen molar-refractivity contribution in [2.45, 2.75) is 46.0 Å². The van der Waals surface area contributed by atoms with Gasteiger partial charge in [0.2, 0.25) is 0 Å². The lowest BCUT2D eigenvalue weighted by Gasteiger charge is -2.34. The number of nitrogens with one attached hydrogen (secondary N) is 1. The fraction of sp³-hybridized carbons (Fsp3) is 0.478. The summed E-state index contributed by atoms with van der Waals surface area (Å²) >= 11 is 6.43. The van der Waals surface area contributed by atoms with Crippen molar-refractivity contribution in [2.24, 2.45) is 0 Å². The van der Waals surface area contributed by atoms with Gasteiger partial charge in [-0.25, -0.2) is 4.79 Å². The molecule has 1 atom stereocenters. The highest BCUT2D eigenvalue weighted by atomic mass is 35.5. The van der Waals surface area contributed by atoms with Crippen LogP contribution >= 0.6 is 11.6 Å². The summed E-state index contributed by atoms with van der Waals surface area (Å²) in [5.74, 6) is -0.366. The summed E-state index contributed by atoms with van der Waals surface area (Å²) in [6.07, 6.45) is 2.03. The van der Waals surface area contributed by atoms with Crippen molar-refractivity contribution in [1.29, 1.82) is 0 Å². The fourth-order valence-corrected chi connectivity index (χ4v) is 4.22. The average Bonchev–Trinajstić information content (AvgIpc) is 2.72. The quantitative estimate of drug-likeness (QED) is 0.487. The Bertz CT molecular complexity index is 890. The van der Waals surface area contributed by atoms with Crippen LogP contribution in [0.3, 0.4) is 0 Å². The second kappa shape index (κ2) is 10.1. The van der Waals surface area contributed by atoms with Gasteiger partial charge in [-0.1, -0.05) is 17.7 Å². The smallest absolute Gasteiger partial charge is 0.336 e. The minimum absolute atomic E-state index is 0.0471. The molecule has 0 aromatic heterocycles. The molecule has 0 bridgehead atoms. The highest BCUT2D eigenvalue weighted by molar-refractivity contribution is 6.32. The number of ether oxygens (including phenoxy) is 3. The summed E-state index contributed by atoms with van der Waals surface area (Å²) in [4.78, 5) is 25.9. The molecule has 30 heavy (non-hydrogen) atoms. The van der Waals surface area contributed by atoms with E-state index in [1.165, 1.54) is 0 Å². The van der Waals surface area contributed by atoms with Gasteiger partial charge in [0.25, 0.3) is 0 Å². The Balaban J connectivity index is 2.01. The van der Waals surface area contributed by atoms with E-state index in [0.717, 1.165) is 24.1 Å². The molecular formula is C23H28ClNO5. The number of carbonyl (C=O) groups is 2. The maximum atomic E-state index is 13.0. The highest BCUT2D eigenvalue weighted by Crippen LogP contribution is 2.43. The second-order valence-electron chi connectivity index (χ2n) is 7.22. The van der Waals surface area contributed by atoms with Crippen molar-refractivity contribution < 1.29 is 23.8 Å². The van der Waals surface area contributed by atoms with Gasteiger partial charge in [0.1, 0.15) is 12.4 Å². The molecule has 1 unspecified atom stereocenters. The van der Waals surface area contributed by atoms with E-state index in [1.807, 2.05) is 26.8 Å². The van der Waals surface area contributed by atoms with E-state index < -0.39 is 11.9 Å². The van der Waals surface area contributed by atoms with Crippen LogP contribution in [0.2, 0.25) is 5.02 Å². The van der Waals surface area contributed by atoms with Crippen molar-refractivity contribution in [2.75, 3.05) is 26.4 Å². The van der Waals surface area contributed by atoms with E-state index in [1.54, 1.807) is 12.1 Å². The van der Waals surface area contributed by atoms with Crippen LogP contribution in [0.15, 0.2) is 40.7 Å². The molecule has 1 aliphatic carbocycles. The Labute approximate surface area is 182 Å². The standard InChI is InChI=1S/C23H28ClNO5/c1-4-28-11-12-30-23(27)20-14(3)25-17-7-6-8-18(26)22(17)21(20)15-9-10-19(29-5-2)16(24)13-15/h9-10,13,21,25H,4-8,11-12H2,1-3H3. The number of benzene rings is 1. The number of dihydropyridines is 1. The third-order valence-electron chi connectivity index (χ3n) is 5.25. The molecule has 1 N–H and O–H groups in total. The number of halogens is 1. The van der Waals surface area contributed by atoms with Gasteiger partial charge >= 0.3 is 5.97 Å². The minimum Gasteiger partial charge on any atom is -0.492 e. The van der Waals surface area contributed by atoms with E-state index in [2.05, 4.69) is 5.32 Å². The fourth-order valence-electron chi connectivity index (χ4n) is 3.97. The van der Waals surface area contributed by atoms with Gasteiger partial charge in [0.05, 0.1) is 23.8 Å². The van der Waals surface area contributed by atoms with E-state index in [9.17, 15) is 9.59 Å². The van der Waals surface area contributed by atoms with Crippen LogP contribution in [0.4, 0.5) is 0 Å². The van der Waals surface area contributed by atoms with E-state index in [0.29, 0.717) is 53.9 Å². The normalized spacial score (nSPS) is 18.8. The summed E-state index contributed by atoms with van der Waals surface area (Å²) in [6, 6.07) is 5.42. The number of hydrogen-bond acceptors (Lipinski definition) is 6. The summed E-state index contributed by atoms with van der Waals surface area (Å²) < 4.78 is 16.3. The van der Waals surface area contributed by atoms with Gasteiger partial charge in [-0.3, -0.25) is 4.79 Å². The molecule has 0 spiro atoms. The lowest BCUT2D eigenvalue weighted by Crippen LogP contribution is -2.34. The number of ketones is 1. The van der Waals surface area contributed by atoms with Crippen LogP contribution in [-0.2, 0) is 19.1 Å². The van der Waals surface area contributed by atoms with E-state index in [4.69, 9.17) is 25.8 Å². The molecule has 0 saturated carbocycles. The highest BCUT2D eigenvalue weighted by Gasteiger charge is 2.39. The third kappa shape index (κ3) is 4.71. The van der Waals surface area contributed by atoms with E-state index in [-0.39, 0.29) is 12.4 Å². The maximum absolute atomic E-state index is 13.0. The monoisotopic (exact) mass is 433 g/mol. The van der Waals surface area contributed by atoms with Crippen molar-refractivity contribution in [3.8, 4) is 5.75 Å². The molecule has 0 saturated heterocycles. The maximum Gasteiger partial charge on any atom is 0.336 e. The lowest BCUT2D eigenvalue weighted by atomic mass is 9.75.